The monoisotopic (exact) mass is 378 g/mol. The molecular formula is C19H14N4O3S. The lowest BCUT2D eigenvalue weighted by molar-refractivity contribution is 0.0664. The van der Waals surface area contributed by atoms with Gasteiger partial charge in [0.05, 0.1) is 11.1 Å². The lowest BCUT2D eigenvalue weighted by atomic mass is 10.1. The van der Waals surface area contributed by atoms with Gasteiger partial charge < -0.3 is 0 Å². The SMILES string of the molecule is O=C1c2ccccc2C(=O)N1CCSc1nnc(-c2ccccc2)c(=O)[nH]1. The molecule has 1 aromatic heterocycles. The number of H-pyrrole nitrogens is 1. The fraction of sp³-hybridized carbons (Fsp3) is 0.105. The minimum Gasteiger partial charge on any atom is -0.298 e. The third-order valence-electron chi connectivity index (χ3n) is 4.16. The third-order valence-corrected chi connectivity index (χ3v) is 5.00. The van der Waals surface area contributed by atoms with E-state index in [1.165, 1.54) is 16.7 Å². The molecule has 1 aliphatic heterocycles. The number of nitrogens with zero attached hydrogens (tertiary/aromatic N) is 3. The van der Waals surface area contributed by atoms with E-state index in [0.717, 1.165) is 0 Å². The normalized spacial score (nSPS) is 13.1. The van der Waals surface area contributed by atoms with Gasteiger partial charge in [0.1, 0.15) is 0 Å². The Labute approximate surface area is 158 Å². The van der Waals surface area contributed by atoms with Crippen molar-refractivity contribution in [2.45, 2.75) is 5.16 Å². The van der Waals surface area contributed by atoms with Crippen LogP contribution in [0, 0.1) is 0 Å². The van der Waals surface area contributed by atoms with Crippen molar-refractivity contribution >= 4 is 23.6 Å². The van der Waals surface area contributed by atoms with Crippen molar-refractivity contribution < 1.29 is 9.59 Å². The van der Waals surface area contributed by atoms with E-state index < -0.39 is 0 Å². The van der Waals surface area contributed by atoms with Gasteiger partial charge in [0.15, 0.2) is 10.9 Å². The van der Waals surface area contributed by atoms with Crippen molar-refractivity contribution in [3.8, 4) is 11.3 Å². The van der Waals surface area contributed by atoms with Gasteiger partial charge >= 0.3 is 0 Å². The standard InChI is InChI=1S/C19H14N4O3S/c24-16-15(12-6-2-1-3-7-12)21-22-19(20-16)27-11-10-23-17(25)13-8-4-5-9-14(13)18(23)26/h1-9H,10-11H2,(H,20,22,24). The summed E-state index contributed by atoms with van der Waals surface area (Å²) in [6.45, 7) is 0.223. The van der Waals surface area contributed by atoms with Crippen LogP contribution in [0.5, 0.6) is 0 Å². The number of fused-ring (bicyclic) bond motifs is 1. The molecule has 1 N–H and O–H groups in total. The van der Waals surface area contributed by atoms with Crippen LogP contribution < -0.4 is 5.56 Å². The Balaban J connectivity index is 1.42. The molecule has 7 nitrogen and oxygen atoms in total. The summed E-state index contributed by atoms with van der Waals surface area (Å²) in [5.41, 5.74) is 1.45. The molecule has 2 amide bonds. The van der Waals surface area contributed by atoms with Crippen LogP contribution in [0.25, 0.3) is 11.3 Å². The van der Waals surface area contributed by atoms with Gasteiger partial charge in [-0.15, -0.1) is 10.2 Å². The van der Waals surface area contributed by atoms with Gasteiger partial charge in [-0.05, 0) is 12.1 Å². The molecule has 1 aliphatic rings. The molecule has 0 atom stereocenters. The van der Waals surface area contributed by atoms with Crippen molar-refractivity contribution in [2.24, 2.45) is 0 Å². The van der Waals surface area contributed by atoms with Crippen LogP contribution in [-0.2, 0) is 0 Å². The van der Waals surface area contributed by atoms with Crippen LogP contribution in [0.2, 0.25) is 0 Å². The van der Waals surface area contributed by atoms with Crippen LogP contribution in [0.1, 0.15) is 20.7 Å². The number of rotatable bonds is 5. The second kappa shape index (κ2) is 7.16. The van der Waals surface area contributed by atoms with Gasteiger partial charge in [0.25, 0.3) is 17.4 Å². The molecule has 0 saturated heterocycles. The molecule has 2 heterocycles. The molecule has 134 valence electrons. The summed E-state index contributed by atoms with van der Waals surface area (Å²) in [5.74, 6) is -0.189. The van der Waals surface area contributed by atoms with E-state index in [1.54, 1.807) is 36.4 Å². The Kier molecular flexibility index (Phi) is 4.55. The molecule has 4 rings (SSSR count). The Morgan fingerprint density at radius 2 is 1.48 bits per heavy atom. The zero-order valence-corrected chi connectivity index (χ0v) is 14.9. The Morgan fingerprint density at radius 1 is 0.852 bits per heavy atom. The summed E-state index contributed by atoms with van der Waals surface area (Å²) in [7, 11) is 0. The first-order chi connectivity index (χ1) is 13.1. The molecule has 0 unspecified atom stereocenters. The molecule has 3 aromatic rings. The lowest BCUT2D eigenvalue weighted by Gasteiger charge is -2.12. The fourth-order valence-electron chi connectivity index (χ4n) is 2.85. The van der Waals surface area contributed by atoms with Crippen LogP contribution >= 0.6 is 11.8 Å². The first-order valence-electron chi connectivity index (χ1n) is 8.25. The second-order valence-electron chi connectivity index (χ2n) is 5.83. The maximum Gasteiger partial charge on any atom is 0.278 e. The molecule has 0 saturated carbocycles. The van der Waals surface area contributed by atoms with Gasteiger partial charge in [-0.3, -0.25) is 24.3 Å². The lowest BCUT2D eigenvalue weighted by Crippen LogP contribution is -2.31. The van der Waals surface area contributed by atoms with Crippen molar-refractivity contribution in [1.82, 2.24) is 20.1 Å². The minimum absolute atomic E-state index is 0.223. The van der Waals surface area contributed by atoms with Crippen molar-refractivity contribution in [2.75, 3.05) is 12.3 Å². The van der Waals surface area contributed by atoms with Gasteiger partial charge in [-0.25, -0.2) is 0 Å². The molecule has 0 spiro atoms. The molecule has 0 fully saturated rings. The van der Waals surface area contributed by atoms with Crippen LogP contribution in [0.4, 0.5) is 0 Å². The summed E-state index contributed by atoms with van der Waals surface area (Å²) < 4.78 is 0. The number of benzene rings is 2. The van der Waals surface area contributed by atoms with Crippen molar-refractivity contribution in [3.05, 3.63) is 76.1 Å². The van der Waals surface area contributed by atoms with E-state index in [1.807, 2.05) is 18.2 Å². The number of carbonyl (C=O) groups is 2. The van der Waals surface area contributed by atoms with E-state index in [9.17, 15) is 14.4 Å². The highest BCUT2D eigenvalue weighted by atomic mass is 32.2. The van der Waals surface area contributed by atoms with Gasteiger partial charge in [-0.1, -0.05) is 54.2 Å². The number of imide groups is 1. The summed E-state index contributed by atoms with van der Waals surface area (Å²) in [6.07, 6.45) is 0. The van der Waals surface area contributed by atoms with E-state index in [2.05, 4.69) is 15.2 Å². The maximum absolute atomic E-state index is 12.3. The zero-order chi connectivity index (χ0) is 18.8. The zero-order valence-electron chi connectivity index (χ0n) is 14.1. The number of aromatic amines is 1. The number of thioether (sulfide) groups is 1. The van der Waals surface area contributed by atoms with Crippen LogP contribution in [0.15, 0.2) is 64.5 Å². The van der Waals surface area contributed by atoms with E-state index in [0.29, 0.717) is 27.6 Å². The fourth-order valence-corrected chi connectivity index (χ4v) is 3.58. The van der Waals surface area contributed by atoms with Crippen LogP contribution in [0.3, 0.4) is 0 Å². The number of hydrogen-bond donors (Lipinski definition) is 1. The van der Waals surface area contributed by atoms with E-state index >= 15 is 0 Å². The summed E-state index contributed by atoms with van der Waals surface area (Å²) in [6, 6.07) is 15.8. The smallest absolute Gasteiger partial charge is 0.278 e. The number of carbonyl (C=O) groups excluding carboxylic acids is 2. The average molecular weight is 378 g/mol. The highest BCUT2D eigenvalue weighted by molar-refractivity contribution is 7.99. The van der Waals surface area contributed by atoms with Crippen molar-refractivity contribution in [3.63, 3.8) is 0 Å². The summed E-state index contributed by atoms with van der Waals surface area (Å²) in [5, 5.41) is 8.37. The molecule has 8 heteroatoms. The highest BCUT2D eigenvalue weighted by Crippen LogP contribution is 2.23. The quantitative estimate of drug-likeness (QED) is 0.540. The molecule has 0 bridgehead atoms. The largest absolute Gasteiger partial charge is 0.298 e. The number of nitrogens with one attached hydrogen (secondary N) is 1. The molecule has 27 heavy (non-hydrogen) atoms. The van der Waals surface area contributed by atoms with E-state index in [-0.39, 0.29) is 29.6 Å². The van der Waals surface area contributed by atoms with Gasteiger partial charge in [0.2, 0.25) is 0 Å². The molecule has 0 radical (unpaired) electrons. The van der Waals surface area contributed by atoms with Gasteiger partial charge in [0, 0.05) is 17.9 Å². The minimum atomic E-state index is -0.334. The predicted molar refractivity (Wildman–Crippen MR) is 101 cm³/mol. The molecular weight excluding hydrogens is 364 g/mol. The highest BCUT2D eigenvalue weighted by Gasteiger charge is 2.34. The Bertz CT molecular complexity index is 1050. The maximum atomic E-state index is 12.3. The first-order valence-corrected chi connectivity index (χ1v) is 9.24. The number of aromatic nitrogens is 3. The number of hydrogen-bond acceptors (Lipinski definition) is 6. The second-order valence-corrected chi connectivity index (χ2v) is 6.91. The third kappa shape index (κ3) is 3.26. The molecule has 2 aromatic carbocycles. The Morgan fingerprint density at radius 3 is 2.11 bits per heavy atom. The Hall–Kier alpha value is -3.26. The van der Waals surface area contributed by atoms with Gasteiger partial charge in [-0.2, -0.15) is 0 Å². The van der Waals surface area contributed by atoms with E-state index in [4.69, 9.17) is 0 Å². The summed E-state index contributed by atoms with van der Waals surface area (Å²) >= 11 is 1.23. The van der Waals surface area contributed by atoms with Crippen molar-refractivity contribution in [1.29, 1.82) is 0 Å². The van der Waals surface area contributed by atoms with Crippen LogP contribution in [-0.4, -0.2) is 44.2 Å². The topological polar surface area (TPSA) is 96.0 Å². The first kappa shape index (κ1) is 17.2. The average Bonchev–Trinajstić information content (AvgIpc) is 2.94. The molecule has 0 aliphatic carbocycles. The summed E-state index contributed by atoms with van der Waals surface area (Å²) in [4.78, 5) is 40.7. The number of amides is 2. The predicted octanol–water partition coefficient (Wildman–Crippen LogP) is 2.22.